The van der Waals surface area contributed by atoms with E-state index < -0.39 is 18.2 Å². The minimum Gasteiger partial charge on any atom is -0.495 e. The number of aliphatic hydroxyl groups is 2. The van der Waals surface area contributed by atoms with E-state index in [2.05, 4.69) is 6.92 Å². The maximum Gasteiger partial charge on any atom is 1.00 e. The number of fused-ring (bicyclic) bond motifs is 1. The second-order valence-corrected chi connectivity index (χ2v) is 6.93. The summed E-state index contributed by atoms with van der Waals surface area (Å²) in [6.45, 7) is 2.06. The van der Waals surface area contributed by atoms with E-state index in [1.165, 1.54) is 0 Å². The molecule has 5 nitrogen and oxygen atoms in total. The van der Waals surface area contributed by atoms with Gasteiger partial charge in [0, 0.05) is 31.1 Å². The summed E-state index contributed by atoms with van der Waals surface area (Å²) in [5.74, 6) is 0.371. The maximum atomic E-state index is 10.5. The summed E-state index contributed by atoms with van der Waals surface area (Å²) in [6.07, 6.45) is 13.2. The van der Waals surface area contributed by atoms with Crippen LogP contribution in [0.15, 0.2) is 36.1 Å². The van der Waals surface area contributed by atoms with Crippen molar-refractivity contribution in [1.82, 2.24) is 0 Å². The van der Waals surface area contributed by atoms with Crippen LogP contribution in [0.3, 0.4) is 0 Å². The van der Waals surface area contributed by atoms with Crippen LogP contribution in [0, 0.1) is 11.8 Å². The third-order valence-electron chi connectivity index (χ3n) is 4.93. The molecule has 0 spiro atoms. The van der Waals surface area contributed by atoms with Crippen LogP contribution in [0.1, 0.15) is 51.9 Å². The summed E-state index contributed by atoms with van der Waals surface area (Å²) in [5.41, 5.74) is 0. The summed E-state index contributed by atoms with van der Waals surface area (Å²) in [5, 5.41) is 28.9. The Balaban J connectivity index is 0.00000338. The molecule has 1 aliphatic heterocycles. The van der Waals surface area contributed by atoms with Gasteiger partial charge in [0.2, 0.25) is 0 Å². The number of rotatable bonds is 9. The van der Waals surface area contributed by atoms with E-state index in [9.17, 15) is 15.0 Å². The number of ether oxygens (including phenoxy) is 1. The first-order chi connectivity index (χ1) is 12.0. The topological polar surface area (TPSA) is 87.0 Å². The molecule has 1 aliphatic carbocycles. The van der Waals surface area contributed by atoms with Gasteiger partial charge < -0.3 is 20.1 Å². The molecule has 1 saturated heterocycles. The van der Waals surface area contributed by atoms with Crippen LogP contribution in [0.5, 0.6) is 0 Å². The molecule has 2 rings (SSSR count). The quantitative estimate of drug-likeness (QED) is 0.305. The Bertz CT molecular complexity index is 528. The number of hydrogen-bond donors (Lipinski definition) is 3. The van der Waals surface area contributed by atoms with Crippen molar-refractivity contribution in [1.29, 1.82) is 0 Å². The molecule has 0 aromatic carbocycles. The first kappa shape index (κ1) is 23.4. The molecular weight excluding hydrogens is 343 g/mol. The molecule has 2 fully saturated rings. The predicted octanol–water partition coefficient (Wildman–Crippen LogP) is 0.189. The molecule has 140 valence electrons. The molecule has 0 unspecified atom stereocenters. The molecular formula is C20H30NaO5+. The van der Waals surface area contributed by atoms with E-state index in [0.717, 1.165) is 18.6 Å². The van der Waals surface area contributed by atoms with Crippen molar-refractivity contribution in [2.24, 2.45) is 11.8 Å². The Morgan fingerprint density at radius 3 is 2.85 bits per heavy atom. The van der Waals surface area contributed by atoms with E-state index in [0.29, 0.717) is 25.7 Å². The van der Waals surface area contributed by atoms with Gasteiger partial charge in [-0.25, -0.2) is 0 Å². The summed E-state index contributed by atoms with van der Waals surface area (Å²) in [6, 6.07) is 0. The Morgan fingerprint density at radius 2 is 2.15 bits per heavy atom. The molecule has 2 aliphatic rings. The monoisotopic (exact) mass is 373 g/mol. The summed E-state index contributed by atoms with van der Waals surface area (Å²) in [7, 11) is 0. The fourth-order valence-electron chi connectivity index (χ4n) is 3.64. The number of aliphatic hydroxyl groups excluding tert-OH is 2. The van der Waals surface area contributed by atoms with Gasteiger partial charge in [-0.1, -0.05) is 31.2 Å². The van der Waals surface area contributed by atoms with Crippen LogP contribution >= 0.6 is 0 Å². The molecule has 5 atom stereocenters. The van der Waals surface area contributed by atoms with Crippen LogP contribution in [-0.2, 0) is 9.53 Å². The second-order valence-electron chi connectivity index (χ2n) is 6.93. The molecule has 0 bridgehead atoms. The van der Waals surface area contributed by atoms with E-state index >= 15 is 0 Å². The zero-order chi connectivity index (χ0) is 18.2. The minimum absolute atomic E-state index is 0. The average molecular weight is 373 g/mol. The molecule has 0 aromatic heterocycles. The second kappa shape index (κ2) is 12.0. The summed E-state index contributed by atoms with van der Waals surface area (Å²) in [4.78, 5) is 10.5. The fourth-order valence-corrected chi connectivity index (χ4v) is 3.64. The Labute approximate surface area is 178 Å². The zero-order valence-corrected chi connectivity index (χ0v) is 17.9. The van der Waals surface area contributed by atoms with Crippen molar-refractivity contribution in [2.45, 2.75) is 70.2 Å². The molecule has 0 radical (unpaired) electrons. The fraction of sp³-hybridized carbons (Fsp3) is 0.650. The number of carboxylic acids is 1. The molecule has 6 heteroatoms. The number of aliphatic carboxylic acids is 1. The third-order valence-corrected chi connectivity index (χ3v) is 4.93. The molecule has 0 amide bonds. The van der Waals surface area contributed by atoms with Crippen LogP contribution in [0.2, 0.25) is 0 Å². The first-order valence-corrected chi connectivity index (χ1v) is 9.28. The summed E-state index contributed by atoms with van der Waals surface area (Å²) < 4.78 is 5.93. The van der Waals surface area contributed by atoms with Gasteiger partial charge >= 0.3 is 35.5 Å². The van der Waals surface area contributed by atoms with Crippen LogP contribution in [0.4, 0.5) is 0 Å². The van der Waals surface area contributed by atoms with Crippen molar-refractivity contribution in [2.75, 3.05) is 0 Å². The van der Waals surface area contributed by atoms with Crippen molar-refractivity contribution in [3.8, 4) is 0 Å². The minimum atomic E-state index is -0.775. The number of carboxylic acid groups (broad SMARTS) is 1. The largest absolute Gasteiger partial charge is 1.00 e. The number of unbranched alkanes of at least 4 members (excludes halogenated alkanes) is 1. The standard InChI is InChI=1S/C20H30O5.Na/c1-2-3-4-7-14(21)10-11-16-17-12-15(8-5-6-9-20(23)24)25-19(17)13-18(16)22;/h3-4,8,10-11,14,16-19,21-22H,2,5-7,9,12-13H2,1H3,(H,23,24);/q;+1/b4-3-,11-10+,15-8-;/t14-,16+,17+,18+,19-;/m0./s1. The predicted molar refractivity (Wildman–Crippen MR) is 95.9 cm³/mol. The normalized spacial score (nSPS) is 30.5. The Kier molecular flexibility index (Phi) is 10.8. The molecule has 3 N–H and O–H groups in total. The molecule has 1 saturated carbocycles. The average Bonchev–Trinajstić information content (AvgIpc) is 3.06. The van der Waals surface area contributed by atoms with Crippen molar-refractivity contribution >= 4 is 5.97 Å². The Hall–Kier alpha value is -0.590. The number of carbonyl (C=O) groups is 1. The molecule has 1 heterocycles. The smallest absolute Gasteiger partial charge is 0.495 e. The van der Waals surface area contributed by atoms with E-state index in [1.807, 2.05) is 24.3 Å². The van der Waals surface area contributed by atoms with Crippen LogP contribution in [0.25, 0.3) is 0 Å². The third kappa shape index (κ3) is 7.20. The van der Waals surface area contributed by atoms with E-state index in [1.54, 1.807) is 6.08 Å². The van der Waals surface area contributed by atoms with Gasteiger partial charge in [0.05, 0.1) is 18.0 Å². The van der Waals surface area contributed by atoms with Crippen LogP contribution < -0.4 is 29.6 Å². The van der Waals surface area contributed by atoms with Crippen molar-refractivity contribution < 1.29 is 54.4 Å². The maximum absolute atomic E-state index is 10.5. The SMILES string of the molecule is CC/C=C\C[C@H](O)/C=C/[C@@H]1[C@H]2C/C(=C/CCCC(=O)O)O[C@H]2C[C@H]1O.[Na+]. The number of allylic oxidation sites excluding steroid dienone is 3. The van der Waals surface area contributed by atoms with E-state index in [-0.39, 0.29) is 53.9 Å². The van der Waals surface area contributed by atoms with Gasteiger partial charge in [0.25, 0.3) is 0 Å². The number of hydrogen-bond acceptors (Lipinski definition) is 4. The van der Waals surface area contributed by atoms with Crippen molar-refractivity contribution in [3.63, 3.8) is 0 Å². The van der Waals surface area contributed by atoms with Gasteiger partial charge in [-0.3, -0.25) is 4.79 Å². The van der Waals surface area contributed by atoms with Crippen molar-refractivity contribution in [3.05, 3.63) is 36.1 Å². The molecule has 0 aromatic rings. The zero-order valence-electron chi connectivity index (χ0n) is 15.9. The van der Waals surface area contributed by atoms with Gasteiger partial charge in [0.1, 0.15) is 6.10 Å². The van der Waals surface area contributed by atoms with Gasteiger partial charge in [0.15, 0.2) is 0 Å². The van der Waals surface area contributed by atoms with Gasteiger partial charge in [-0.2, -0.15) is 0 Å². The van der Waals surface area contributed by atoms with Gasteiger partial charge in [-0.05, 0) is 31.8 Å². The van der Waals surface area contributed by atoms with Gasteiger partial charge in [-0.15, -0.1) is 0 Å². The van der Waals surface area contributed by atoms with Crippen LogP contribution in [-0.4, -0.2) is 39.6 Å². The molecule has 26 heavy (non-hydrogen) atoms. The summed E-state index contributed by atoms with van der Waals surface area (Å²) >= 11 is 0. The first-order valence-electron chi connectivity index (χ1n) is 9.28. The Morgan fingerprint density at radius 1 is 1.38 bits per heavy atom. The van der Waals surface area contributed by atoms with E-state index in [4.69, 9.17) is 9.84 Å².